The van der Waals surface area contributed by atoms with E-state index in [2.05, 4.69) is 9.97 Å². The van der Waals surface area contributed by atoms with Crippen LogP contribution in [0.4, 0.5) is 5.69 Å². The van der Waals surface area contributed by atoms with Crippen LogP contribution < -0.4 is 5.73 Å². The lowest BCUT2D eigenvalue weighted by molar-refractivity contribution is 0.483. The van der Waals surface area contributed by atoms with Crippen molar-refractivity contribution in [3.8, 4) is 11.4 Å². The van der Waals surface area contributed by atoms with Crippen LogP contribution in [-0.2, 0) is 10.1 Å². The highest BCUT2D eigenvalue weighted by Gasteiger charge is 2.15. The molecule has 0 saturated carbocycles. The van der Waals surface area contributed by atoms with E-state index in [1.807, 2.05) is 30.3 Å². The van der Waals surface area contributed by atoms with Gasteiger partial charge < -0.3 is 10.7 Å². The summed E-state index contributed by atoms with van der Waals surface area (Å²) in [5, 5.41) is 0. The number of rotatable bonds is 2. The molecule has 1 aromatic heterocycles. The molecule has 4 N–H and O–H groups in total. The lowest BCUT2D eigenvalue weighted by Crippen LogP contribution is -1.99. The predicted octanol–water partition coefficient (Wildman–Crippen LogP) is 2.06. The molecule has 1 heterocycles. The second kappa shape index (κ2) is 4.32. The Morgan fingerprint density at radius 1 is 1.15 bits per heavy atom. The van der Waals surface area contributed by atoms with E-state index in [0.29, 0.717) is 16.9 Å². The minimum atomic E-state index is -4.30. The molecule has 0 bridgehead atoms. The van der Waals surface area contributed by atoms with Crippen molar-refractivity contribution in [3.05, 3.63) is 42.5 Å². The molecule has 7 heteroatoms. The molecule has 2 aromatic carbocycles. The number of imidazole rings is 1. The van der Waals surface area contributed by atoms with Gasteiger partial charge in [-0.15, -0.1) is 0 Å². The Morgan fingerprint density at radius 3 is 2.50 bits per heavy atom. The van der Waals surface area contributed by atoms with Crippen LogP contribution in [0, 0.1) is 0 Å². The van der Waals surface area contributed by atoms with Gasteiger partial charge >= 0.3 is 0 Å². The molecule has 3 rings (SSSR count). The minimum Gasteiger partial charge on any atom is -0.397 e. The maximum atomic E-state index is 11.2. The summed E-state index contributed by atoms with van der Waals surface area (Å²) in [6, 6.07) is 11.9. The highest BCUT2D eigenvalue weighted by atomic mass is 32.2. The van der Waals surface area contributed by atoms with E-state index in [9.17, 15) is 8.42 Å². The number of nitrogens with two attached hydrogens (primary N) is 1. The zero-order valence-electron chi connectivity index (χ0n) is 10.2. The fourth-order valence-corrected chi connectivity index (χ4v) is 2.54. The first-order chi connectivity index (χ1) is 9.45. The Morgan fingerprint density at radius 2 is 1.85 bits per heavy atom. The molecule has 0 aliphatic heterocycles. The summed E-state index contributed by atoms with van der Waals surface area (Å²) in [7, 11) is -4.30. The van der Waals surface area contributed by atoms with Gasteiger partial charge in [-0.25, -0.2) is 4.98 Å². The third kappa shape index (κ3) is 2.13. The summed E-state index contributed by atoms with van der Waals surface area (Å²) in [6.07, 6.45) is 0. The maximum absolute atomic E-state index is 11.2. The van der Waals surface area contributed by atoms with Crippen molar-refractivity contribution in [2.75, 3.05) is 5.73 Å². The van der Waals surface area contributed by atoms with Gasteiger partial charge in [0.2, 0.25) is 0 Å². The van der Waals surface area contributed by atoms with Gasteiger partial charge in [-0.05, 0) is 12.1 Å². The smallest absolute Gasteiger partial charge is 0.294 e. The van der Waals surface area contributed by atoms with E-state index in [1.54, 1.807) is 0 Å². The first kappa shape index (κ1) is 12.6. The molecule has 20 heavy (non-hydrogen) atoms. The van der Waals surface area contributed by atoms with Crippen LogP contribution in [0.3, 0.4) is 0 Å². The quantitative estimate of drug-likeness (QED) is 0.494. The summed E-state index contributed by atoms with van der Waals surface area (Å²) >= 11 is 0. The zero-order valence-corrected chi connectivity index (χ0v) is 11.1. The van der Waals surface area contributed by atoms with Crippen LogP contribution in [0.5, 0.6) is 0 Å². The van der Waals surface area contributed by atoms with Gasteiger partial charge in [-0.2, -0.15) is 8.42 Å². The Bertz CT molecular complexity index is 886. The fraction of sp³-hybridized carbons (Fsp3) is 0. The van der Waals surface area contributed by atoms with Crippen LogP contribution in [-0.4, -0.2) is 22.9 Å². The van der Waals surface area contributed by atoms with Gasteiger partial charge in [-0.1, -0.05) is 30.3 Å². The van der Waals surface area contributed by atoms with E-state index >= 15 is 0 Å². The van der Waals surface area contributed by atoms with E-state index in [0.717, 1.165) is 5.56 Å². The number of anilines is 1. The van der Waals surface area contributed by atoms with Crippen molar-refractivity contribution >= 4 is 26.8 Å². The number of nitrogens with one attached hydrogen (secondary N) is 1. The van der Waals surface area contributed by atoms with Crippen LogP contribution >= 0.6 is 0 Å². The van der Waals surface area contributed by atoms with Gasteiger partial charge in [0.25, 0.3) is 10.1 Å². The predicted molar refractivity (Wildman–Crippen MR) is 75.8 cm³/mol. The fourth-order valence-electron chi connectivity index (χ4n) is 2.00. The second-order valence-electron chi connectivity index (χ2n) is 4.34. The van der Waals surface area contributed by atoms with Crippen LogP contribution in [0.15, 0.2) is 47.4 Å². The zero-order chi connectivity index (χ0) is 14.3. The number of H-pyrrole nitrogens is 1. The monoisotopic (exact) mass is 289 g/mol. The summed E-state index contributed by atoms with van der Waals surface area (Å²) in [5.74, 6) is 0.583. The Balaban J connectivity index is 2.24. The number of aromatic nitrogens is 2. The Labute approximate surface area is 115 Å². The number of hydrogen-bond donors (Lipinski definition) is 3. The van der Waals surface area contributed by atoms with Crippen LogP contribution in [0.2, 0.25) is 0 Å². The average Bonchev–Trinajstić information content (AvgIpc) is 2.83. The largest absolute Gasteiger partial charge is 0.397 e. The molecule has 0 aliphatic carbocycles. The molecule has 3 aromatic rings. The van der Waals surface area contributed by atoms with E-state index in [1.165, 1.54) is 12.1 Å². The molecular weight excluding hydrogens is 278 g/mol. The van der Waals surface area contributed by atoms with Gasteiger partial charge in [0.05, 0.1) is 16.1 Å². The highest BCUT2D eigenvalue weighted by Crippen LogP contribution is 2.27. The Hall–Kier alpha value is -2.38. The van der Waals surface area contributed by atoms with Crippen molar-refractivity contribution in [3.63, 3.8) is 0 Å². The van der Waals surface area contributed by atoms with Crippen molar-refractivity contribution < 1.29 is 13.0 Å². The summed E-state index contributed by atoms with van der Waals surface area (Å²) in [6.45, 7) is 0. The van der Waals surface area contributed by atoms with E-state index in [4.69, 9.17) is 10.3 Å². The van der Waals surface area contributed by atoms with Crippen LogP contribution in [0.25, 0.3) is 22.4 Å². The van der Waals surface area contributed by atoms with Crippen molar-refractivity contribution in [1.82, 2.24) is 9.97 Å². The number of nitrogens with zero attached hydrogens (tertiary/aromatic N) is 1. The Kier molecular flexibility index (Phi) is 2.73. The summed E-state index contributed by atoms with van der Waals surface area (Å²) < 4.78 is 31.4. The van der Waals surface area contributed by atoms with Gasteiger partial charge in [0, 0.05) is 5.56 Å². The number of hydrogen-bond acceptors (Lipinski definition) is 4. The first-order valence-corrected chi connectivity index (χ1v) is 7.21. The molecule has 0 spiro atoms. The third-order valence-corrected chi connectivity index (χ3v) is 3.77. The summed E-state index contributed by atoms with van der Waals surface area (Å²) in [5.41, 5.74) is 7.76. The third-order valence-electron chi connectivity index (χ3n) is 2.93. The highest BCUT2D eigenvalue weighted by molar-refractivity contribution is 7.85. The molecule has 0 amide bonds. The van der Waals surface area contributed by atoms with Gasteiger partial charge in [0.15, 0.2) is 0 Å². The average molecular weight is 289 g/mol. The number of nitrogen functional groups attached to an aromatic ring is 1. The van der Waals surface area contributed by atoms with Crippen LogP contribution in [0.1, 0.15) is 0 Å². The van der Waals surface area contributed by atoms with Crippen molar-refractivity contribution in [2.24, 2.45) is 0 Å². The van der Waals surface area contributed by atoms with E-state index < -0.39 is 10.1 Å². The molecule has 0 fully saturated rings. The molecule has 0 saturated heterocycles. The topological polar surface area (TPSA) is 109 Å². The van der Waals surface area contributed by atoms with Gasteiger partial charge in [0.1, 0.15) is 11.3 Å². The van der Waals surface area contributed by atoms with Crippen molar-refractivity contribution in [2.45, 2.75) is 4.90 Å². The minimum absolute atomic E-state index is 0.188. The second-order valence-corrected chi connectivity index (χ2v) is 5.76. The van der Waals surface area contributed by atoms with Gasteiger partial charge in [-0.3, -0.25) is 4.55 Å². The number of fused-ring (bicyclic) bond motifs is 1. The first-order valence-electron chi connectivity index (χ1n) is 5.77. The summed E-state index contributed by atoms with van der Waals surface area (Å²) in [4.78, 5) is 7.09. The molecule has 102 valence electrons. The molecule has 0 aliphatic rings. The van der Waals surface area contributed by atoms with E-state index in [-0.39, 0.29) is 10.6 Å². The SMILES string of the molecule is Nc1cc(S(=O)(=O)O)cc2[nH]c(-c3ccccc3)nc12. The molecule has 0 unspecified atom stereocenters. The number of aromatic amines is 1. The lowest BCUT2D eigenvalue weighted by Gasteiger charge is -1.99. The molecule has 0 radical (unpaired) electrons. The molecular formula is C13H11N3O3S. The normalized spacial score (nSPS) is 11.8. The standard InChI is InChI=1S/C13H11N3O3S/c14-10-6-9(20(17,18)19)7-11-12(10)16-13(15-11)8-4-2-1-3-5-8/h1-7H,14H2,(H,15,16)(H,17,18,19). The lowest BCUT2D eigenvalue weighted by atomic mass is 10.2. The van der Waals surface area contributed by atoms with Crippen molar-refractivity contribution in [1.29, 1.82) is 0 Å². The maximum Gasteiger partial charge on any atom is 0.294 e. The number of benzene rings is 2. The molecule has 0 atom stereocenters. The molecule has 6 nitrogen and oxygen atoms in total.